The Hall–Kier alpha value is -4.19. The number of aryl methyl sites for hydroxylation is 1. The number of nitrogens with zero attached hydrogens (tertiary/aromatic N) is 8. The normalized spacial score (nSPS) is 17.9. The highest BCUT2D eigenvalue weighted by atomic mass is 32.2. The van der Waals surface area contributed by atoms with Gasteiger partial charge in [-0.3, -0.25) is 4.90 Å². The van der Waals surface area contributed by atoms with Crippen LogP contribution in [0.25, 0.3) is 22.7 Å². The maximum atomic E-state index is 14.0. The standard InChI is InChI=1S/C24H20BF5N8O3S/c1-4-42(40,41)16-8-9-18(38-22(2,39)37(12-31-38)14-7-5-6-13(25)10-14)33-19(16)21-32-15-11-17(23(26,27)24(28,29)30)34-35-20(15)36(21)3/h5-12,39H,4H2,1-3H3. The first kappa shape index (κ1) is 29.3. The second-order valence-corrected chi connectivity index (χ2v) is 11.6. The molecule has 3 aromatic heterocycles. The van der Waals surface area contributed by atoms with Gasteiger partial charge in [-0.05, 0) is 30.3 Å². The minimum Gasteiger partial charge on any atom is -0.352 e. The van der Waals surface area contributed by atoms with Crippen molar-refractivity contribution >= 4 is 52.2 Å². The largest absolute Gasteiger partial charge is 0.459 e. The highest BCUT2D eigenvalue weighted by Gasteiger charge is 2.60. The van der Waals surface area contributed by atoms with Gasteiger partial charge in [0.15, 0.2) is 27.1 Å². The van der Waals surface area contributed by atoms with Crippen molar-refractivity contribution in [2.24, 2.45) is 12.1 Å². The minimum absolute atomic E-state index is 0.0462. The average Bonchev–Trinajstić information content (AvgIpc) is 3.42. The van der Waals surface area contributed by atoms with Crippen LogP contribution >= 0.6 is 0 Å². The molecule has 5 rings (SSSR count). The van der Waals surface area contributed by atoms with E-state index in [4.69, 9.17) is 7.85 Å². The number of benzene rings is 1. The van der Waals surface area contributed by atoms with Gasteiger partial charge < -0.3 is 9.67 Å². The number of sulfone groups is 1. The Morgan fingerprint density at radius 1 is 1.05 bits per heavy atom. The summed E-state index contributed by atoms with van der Waals surface area (Å²) < 4.78 is 93.9. The van der Waals surface area contributed by atoms with Crippen LogP contribution in [0.1, 0.15) is 19.5 Å². The maximum Gasteiger partial charge on any atom is 0.459 e. The minimum atomic E-state index is -5.93. The number of fused-ring (bicyclic) bond motifs is 1. The number of alkyl halides is 5. The predicted octanol–water partition coefficient (Wildman–Crippen LogP) is 2.60. The molecule has 2 radical (unpaired) electrons. The van der Waals surface area contributed by atoms with Crippen molar-refractivity contribution in [3.8, 4) is 11.5 Å². The summed E-state index contributed by atoms with van der Waals surface area (Å²) in [5, 5.41) is 23.3. The van der Waals surface area contributed by atoms with E-state index in [1.807, 2.05) is 0 Å². The van der Waals surface area contributed by atoms with Gasteiger partial charge in [0.1, 0.15) is 31.1 Å². The Labute approximate surface area is 236 Å². The van der Waals surface area contributed by atoms with E-state index in [1.54, 1.807) is 24.3 Å². The number of hydrogen-bond donors (Lipinski definition) is 1. The molecule has 0 aliphatic carbocycles. The van der Waals surface area contributed by atoms with Crippen molar-refractivity contribution in [2.75, 3.05) is 15.7 Å². The fourth-order valence-electron chi connectivity index (χ4n) is 4.30. The number of hydrazone groups is 1. The molecular weight excluding hydrogens is 586 g/mol. The zero-order valence-corrected chi connectivity index (χ0v) is 22.9. The van der Waals surface area contributed by atoms with Crippen LogP contribution in [0.2, 0.25) is 0 Å². The van der Waals surface area contributed by atoms with Gasteiger partial charge >= 0.3 is 12.1 Å². The van der Waals surface area contributed by atoms with E-state index in [0.29, 0.717) is 17.2 Å². The number of hydrogen-bond acceptors (Lipinski definition) is 10. The van der Waals surface area contributed by atoms with Gasteiger partial charge in [0.2, 0.25) is 5.85 Å². The van der Waals surface area contributed by atoms with Gasteiger partial charge in [-0.1, -0.05) is 24.5 Å². The number of aliphatic hydroxyl groups is 1. The monoisotopic (exact) mass is 606 g/mol. The van der Waals surface area contributed by atoms with Crippen LogP contribution in [0.15, 0.2) is 52.5 Å². The van der Waals surface area contributed by atoms with Crippen LogP contribution in [0.4, 0.5) is 33.5 Å². The van der Waals surface area contributed by atoms with Crippen molar-refractivity contribution in [3.63, 3.8) is 0 Å². The molecule has 218 valence electrons. The first-order valence-corrected chi connectivity index (χ1v) is 13.7. The Morgan fingerprint density at radius 3 is 2.40 bits per heavy atom. The van der Waals surface area contributed by atoms with Gasteiger partial charge in [0, 0.05) is 19.7 Å². The van der Waals surface area contributed by atoms with Gasteiger partial charge in [-0.25, -0.2) is 18.4 Å². The molecule has 42 heavy (non-hydrogen) atoms. The number of aromatic nitrogens is 5. The molecule has 1 atom stereocenters. The second-order valence-electron chi connectivity index (χ2n) is 9.40. The number of anilines is 2. The summed E-state index contributed by atoms with van der Waals surface area (Å²) in [6.07, 6.45) is -4.63. The summed E-state index contributed by atoms with van der Waals surface area (Å²) in [6.45, 7) is 2.78. The third-order valence-electron chi connectivity index (χ3n) is 6.57. The molecule has 0 spiro atoms. The zero-order chi connectivity index (χ0) is 30.8. The first-order valence-electron chi connectivity index (χ1n) is 12.1. The summed E-state index contributed by atoms with van der Waals surface area (Å²) in [5.74, 6) is -7.80. The Kier molecular flexibility index (Phi) is 6.76. The molecule has 1 aliphatic rings. The average molecular weight is 606 g/mol. The molecule has 4 aromatic rings. The van der Waals surface area contributed by atoms with Crippen molar-refractivity contribution in [2.45, 2.75) is 36.7 Å². The van der Waals surface area contributed by atoms with E-state index in [0.717, 1.165) is 9.58 Å². The van der Waals surface area contributed by atoms with Crippen molar-refractivity contribution in [1.82, 2.24) is 24.7 Å². The summed E-state index contributed by atoms with van der Waals surface area (Å²) in [4.78, 5) is 9.60. The molecule has 1 N–H and O–H groups in total. The van der Waals surface area contributed by atoms with Gasteiger partial charge in [0.05, 0.1) is 10.6 Å². The molecule has 0 bridgehead atoms. The van der Waals surface area contributed by atoms with E-state index in [-0.39, 0.29) is 33.6 Å². The molecule has 1 aliphatic heterocycles. The molecule has 1 unspecified atom stereocenters. The van der Waals surface area contributed by atoms with E-state index >= 15 is 0 Å². The molecule has 4 heterocycles. The lowest BCUT2D eigenvalue weighted by molar-refractivity contribution is -0.291. The number of halogens is 5. The second kappa shape index (κ2) is 9.69. The molecule has 1 aromatic carbocycles. The third kappa shape index (κ3) is 4.63. The molecule has 0 amide bonds. The summed E-state index contributed by atoms with van der Waals surface area (Å²) in [7, 11) is 3.23. The Balaban J connectivity index is 1.65. The van der Waals surface area contributed by atoms with Crippen molar-refractivity contribution in [3.05, 3.63) is 48.2 Å². The molecule has 0 fully saturated rings. The summed E-state index contributed by atoms with van der Waals surface area (Å²) >= 11 is 0. The van der Waals surface area contributed by atoms with E-state index in [9.17, 15) is 35.5 Å². The van der Waals surface area contributed by atoms with E-state index in [1.165, 1.54) is 44.3 Å². The predicted molar refractivity (Wildman–Crippen MR) is 143 cm³/mol. The maximum absolute atomic E-state index is 14.0. The third-order valence-corrected chi connectivity index (χ3v) is 8.33. The SMILES string of the molecule is [B]c1cccc(N2C=NN(c3ccc(S(=O)(=O)CC)c(-c4nc5cc(C(F)(F)C(F)(F)F)nnc5n4C)n3)C2(C)O)c1. The fraction of sp³-hybridized carbons (Fsp3) is 0.292. The van der Waals surface area contributed by atoms with Crippen LogP contribution in [0, 0.1) is 0 Å². The fourth-order valence-corrected chi connectivity index (χ4v) is 5.32. The van der Waals surface area contributed by atoms with Crippen molar-refractivity contribution < 1.29 is 35.5 Å². The number of imidazole rings is 1. The Bertz CT molecular complexity index is 1850. The van der Waals surface area contributed by atoms with Crippen molar-refractivity contribution in [1.29, 1.82) is 0 Å². The van der Waals surface area contributed by atoms with Crippen LogP contribution in [0.5, 0.6) is 0 Å². The number of pyridine rings is 1. The lowest BCUT2D eigenvalue weighted by Crippen LogP contribution is -2.52. The molecular formula is C24H20BF5N8O3S. The highest BCUT2D eigenvalue weighted by Crippen LogP contribution is 2.43. The lowest BCUT2D eigenvalue weighted by atomic mass is 9.96. The molecule has 11 nitrogen and oxygen atoms in total. The van der Waals surface area contributed by atoms with Gasteiger partial charge in [-0.15, -0.1) is 10.2 Å². The van der Waals surface area contributed by atoms with Crippen LogP contribution in [-0.2, 0) is 22.8 Å². The topological polar surface area (TPSA) is 130 Å². The van der Waals surface area contributed by atoms with Crippen LogP contribution in [0.3, 0.4) is 0 Å². The quantitative estimate of drug-likeness (QED) is 0.260. The molecule has 0 saturated carbocycles. The lowest BCUT2D eigenvalue weighted by Gasteiger charge is -2.35. The first-order chi connectivity index (χ1) is 19.5. The Morgan fingerprint density at radius 2 is 1.76 bits per heavy atom. The molecule has 0 saturated heterocycles. The van der Waals surface area contributed by atoms with Crippen LogP contribution < -0.4 is 15.4 Å². The van der Waals surface area contributed by atoms with Gasteiger partial charge in [0.25, 0.3) is 0 Å². The van der Waals surface area contributed by atoms with Crippen LogP contribution in [-0.4, -0.2) is 70.2 Å². The number of rotatable bonds is 6. The smallest absolute Gasteiger partial charge is 0.352 e. The zero-order valence-electron chi connectivity index (χ0n) is 22.0. The van der Waals surface area contributed by atoms with E-state index < -0.39 is 39.0 Å². The summed E-state index contributed by atoms with van der Waals surface area (Å²) in [6, 6.07) is 9.52. The highest BCUT2D eigenvalue weighted by molar-refractivity contribution is 7.91. The van der Waals surface area contributed by atoms with E-state index in [2.05, 4.69) is 25.3 Å². The summed E-state index contributed by atoms with van der Waals surface area (Å²) in [5.41, 5.74) is -1.68. The van der Waals surface area contributed by atoms with Gasteiger partial charge in [-0.2, -0.15) is 32.1 Å². The molecule has 18 heteroatoms.